The van der Waals surface area contributed by atoms with E-state index in [2.05, 4.69) is 14.6 Å². The summed E-state index contributed by atoms with van der Waals surface area (Å²) in [7, 11) is -3.85. The molecule has 156 valence electrons. The smallest absolute Gasteiger partial charge is 0.254 e. The van der Waals surface area contributed by atoms with Crippen molar-refractivity contribution in [2.45, 2.75) is 31.2 Å². The van der Waals surface area contributed by atoms with Crippen molar-refractivity contribution >= 4 is 33.2 Å². The van der Waals surface area contributed by atoms with Gasteiger partial charge in [0.15, 0.2) is 0 Å². The van der Waals surface area contributed by atoms with E-state index in [-0.39, 0.29) is 15.8 Å². The fraction of sp³-hybridized carbons (Fsp3) is 0.400. The molecule has 7 nitrogen and oxygen atoms in total. The molecule has 1 aliphatic heterocycles. The zero-order valence-corrected chi connectivity index (χ0v) is 18.3. The highest BCUT2D eigenvalue weighted by molar-refractivity contribution is 7.89. The minimum atomic E-state index is -3.85. The molecule has 3 rings (SSSR count). The van der Waals surface area contributed by atoms with E-state index in [1.54, 1.807) is 44.1 Å². The van der Waals surface area contributed by atoms with Gasteiger partial charge in [0.05, 0.1) is 5.02 Å². The van der Waals surface area contributed by atoms with Crippen LogP contribution >= 0.6 is 11.6 Å². The van der Waals surface area contributed by atoms with E-state index >= 15 is 0 Å². The molecule has 29 heavy (non-hydrogen) atoms. The summed E-state index contributed by atoms with van der Waals surface area (Å²) in [5.41, 5.74) is 0.715. The van der Waals surface area contributed by atoms with Crippen molar-refractivity contribution in [3.05, 3.63) is 53.3 Å². The number of nitrogens with zero attached hydrogens (tertiary/aromatic N) is 3. The number of piperazine rings is 1. The Morgan fingerprint density at radius 1 is 1.07 bits per heavy atom. The Bertz CT molecular complexity index is 983. The summed E-state index contributed by atoms with van der Waals surface area (Å²) < 4.78 is 27.9. The van der Waals surface area contributed by atoms with Gasteiger partial charge >= 0.3 is 0 Å². The van der Waals surface area contributed by atoms with Gasteiger partial charge in [-0.05, 0) is 51.1 Å². The van der Waals surface area contributed by atoms with E-state index in [4.69, 9.17) is 11.6 Å². The molecule has 0 aliphatic carbocycles. The predicted octanol–water partition coefficient (Wildman–Crippen LogP) is 2.77. The minimum Gasteiger partial charge on any atom is -0.368 e. The number of benzene rings is 1. The van der Waals surface area contributed by atoms with Gasteiger partial charge < -0.3 is 9.80 Å². The first-order valence-electron chi connectivity index (χ1n) is 9.35. The Kier molecular flexibility index (Phi) is 6.16. The lowest BCUT2D eigenvalue weighted by atomic mass is 10.1. The Morgan fingerprint density at radius 2 is 1.69 bits per heavy atom. The summed E-state index contributed by atoms with van der Waals surface area (Å²) in [4.78, 5) is 20.8. The van der Waals surface area contributed by atoms with Crippen molar-refractivity contribution in [3.63, 3.8) is 0 Å². The first kappa shape index (κ1) is 21.5. The number of aromatic nitrogens is 1. The third kappa shape index (κ3) is 5.26. The van der Waals surface area contributed by atoms with Gasteiger partial charge in [-0.15, -0.1) is 0 Å². The molecule has 1 N–H and O–H groups in total. The number of hydrogen-bond donors (Lipinski definition) is 1. The van der Waals surface area contributed by atoms with Gasteiger partial charge in [0.25, 0.3) is 5.91 Å². The molecular weight excluding hydrogens is 412 g/mol. The van der Waals surface area contributed by atoms with Crippen LogP contribution in [0.25, 0.3) is 0 Å². The number of nitrogens with one attached hydrogen (secondary N) is 1. The van der Waals surface area contributed by atoms with E-state index in [1.165, 1.54) is 12.1 Å². The van der Waals surface area contributed by atoms with Crippen LogP contribution in [0.15, 0.2) is 47.6 Å². The molecule has 0 atom stereocenters. The maximum atomic E-state index is 13.0. The zero-order chi connectivity index (χ0) is 21.2. The Balaban J connectivity index is 1.75. The second-order valence-corrected chi connectivity index (χ2v) is 10.0. The van der Waals surface area contributed by atoms with Crippen LogP contribution in [-0.2, 0) is 10.0 Å². The Hall–Kier alpha value is -2.16. The lowest BCUT2D eigenvalue weighted by Crippen LogP contribution is -2.48. The standard InChI is InChI=1S/C20H25ClN4O3S/c1-20(2,3)23-29(27,28)18-14-15(4-5-17(18)21)19(26)25-12-10-24(11-13-25)16-6-8-22-9-7-16/h4-9,14,23H,10-13H2,1-3H3. The van der Waals surface area contributed by atoms with Gasteiger partial charge in [0.1, 0.15) is 4.90 Å². The number of anilines is 1. The molecule has 1 saturated heterocycles. The van der Waals surface area contributed by atoms with Crippen LogP contribution in [0.1, 0.15) is 31.1 Å². The molecule has 2 aromatic rings. The second kappa shape index (κ2) is 8.30. The van der Waals surface area contributed by atoms with Gasteiger partial charge in [-0.2, -0.15) is 0 Å². The summed E-state index contributed by atoms with van der Waals surface area (Å²) in [6.07, 6.45) is 3.49. The first-order chi connectivity index (χ1) is 13.6. The average molecular weight is 437 g/mol. The predicted molar refractivity (Wildman–Crippen MR) is 114 cm³/mol. The van der Waals surface area contributed by atoms with E-state index in [1.807, 2.05) is 12.1 Å². The number of rotatable bonds is 4. The summed E-state index contributed by atoms with van der Waals surface area (Å²) in [5, 5.41) is 0.0841. The summed E-state index contributed by atoms with van der Waals surface area (Å²) in [6, 6.07) is 8.26. The summed E-state index contributed by atoms with van der Waals surface area (Å²) in [6.45, 7) is 7.72. The van der Waals surface area contributed by atoms with E-state index in [0.29, 0.717) is 31.7 Å². The third-order valence-electron chi connectivity index (χ3n) is 4.50. The molecular formula is C20H25ClN4O3S. The number of hydrogen-bond acceptors (Lipinski definition) is 5. The van der Waals surface area contributed by atoms with E-state index in [0.717, 1.165) is 5.69 Å². The maximum absolute atomic E-state index is 13.0. The molecule has 0 unspecified atom stereocenters. The zero-order valence-electron chi connectivity index (χ0n) is 16.7. The minimum absolute atomic E-state index is 0.0841. The molecule has 9 heteroatoms. The monoisotopic (exact) mass is 436 g/mol. The van der Waals surface area contributed by atoms with Crippen molar-refractivity contribution in [2.24, 2.45) is 0 Å². The van der Waals surface area contributed by atoms with Gasteiger partial charge in [-0.3, -0.25) is 9.78 Å². The number of carbonyl (C=O) groups is 1. The number of sulfonamides is 1. The summed E-state index contributed by atoms with van der Waals surface area (Å²) in [5.74, 6) is -0.205. The molecule has 1 aromatic heterocycles. The van der Waals surface area contributed by atoms with Gasteiger partial charge in [0.2, 0.25) is 10.0 Å². The van der Waals surface area contributed by atoms with Gasteiger partial charge in [0, 0.05) is 55.4 Å². The summed E-state index contributed by atoms with van der Waals surface area (Å²) >= 11 is 6.13. The molecule has 1 aromatic carbocycles. The average Bonchev–Trinajstić information content (AvgIpc) is 2.67. The third-order valence-corrected chi connectivity index (χ3v) is 6.74. The molecule has 1 aliphatic rings. The molecule has 0 radical (unpaired) electrons. The Morgan fingerprint density at radius 3 is 2.28 bits per heavy atom. The largest absolute Gasteiger partial charge is 0.368 e. The van der Waals surface area contributed by atoms with Gasteiger partial charge in [-0.1, -0.05) is 11.6 Å². The molecule has 2 heterocycles. The maximum Gasteiger partial charge on any atom is 0.254 e. The van der Waals surface area contributed by atoms with Crippen LogP contribution in [0.4, 0.5) is 5.69 Å². The van der Waals surface area contributed by atoms with Crippen LogP contribution in [0, 0.1) is 0 Å². The van der Waals surface area contributed by atoms with Crippen LogP contribution < -0.4 is 9.62 Å². The molecule has 1 fully saturated rings. The number of halogens is 1. The SMILES string of the molecule is CC(C)(C)NS(=O)(=O)c1cc(C(=O)N2CCN(c3ccncc3)CC2)ccc1Cl. The Labute approximate surface area is 176 Å². The first-order valence-corrected chi connectivity index (χ1v) is 11.2. The van der Waals surface area contributed by atoms with Gasteiger partial charge in [-0.25, -0.2) is 13.1 Å². The molecule has 0 saturated carbocycles. The number of pyridine rings is 1. The highest BCUT2D eigenvalue weighted by Crippen LogP contribution is 2.25. The van der Waals surface area contributed by atoms with Crippen molar-refractivity contribution in [1.29, 1.82) is 0 Å². The second-order valence-electron chi connectivity index (χ2n) is 7.99. The van der Waals surface area contributed by atoms with Crippen molar-refractivity contribution in [2.75, 3.05) is 31.1 Å². The van der Waals surface area contributed by atoms with Crippen LogP contribution in [0.3, 0.4) is 0 Å². The van der Waals surface area contributed by atoms with Crippen LogP contribution in [-0.4, -0.2) is 55.9 Å². The van der Waals surface area contributed by atoms with E-state index < -0.39 is 15.6 Å². The highest BCUT2D eigenvalue weighted by atomic mass is 35.5. The lowest BCUT2D eigenvalue weighted by Gasteiger charge is -2.36. The molecule has 0 spiro atoms. The fourth-order valence-corrected chi connectivity index (χ4v) is 5.15. The normalized spacial score (nSPS) is 15.4. The van der Waals surface area contributed by atoms with E-state index in [9.17, 15) is 13.2 Å². The molecule has 0 bridgehead atoms. The van der Waals surface area contributed by atoms with Crippen molar-refractivity contribution < 1.29 is 13.2 Å². The van der Waals surface area contributed by atoms with Crippen molar-refractivity contribution in [1.82, 2.24) is 14.6 Å². The number of amides is 1. The van der Waals surface area contributed by atoms with Crippen LogP contribution in [0.5, 0.6) is 0 Å². The number of carbonyl (C=O) groups excluding carboxylic acids is 1. The molecule has 1 amide bonds. The van der Waals surface area contributed by atoms with Crippen molar-refractivity contribution in [3.8, 4) is 0 Å². The quantitative estimate of drug-likeness (QED) is 0.796. The fourth-order valence-electron chi connectivity index (χ4n) is 3.21. The lowest BCUT2D eigenvalue weighted by molar-refractivity contribution is 0.0746. The van der Waals surface area contributed by atoms with Crippen LogP contribution in [0.2, 0.25) is 5.02 Å². The highest BCUT2D eigenvalue weighted by Gasteiger charge is 2.27. The topological polar surface area (TPSA) is 82.6 Å².